The fraction of sp³-hybridized carbons (Fsp3) is 0.235. The molecule has 0 atom stereocenters. The van der Waals surface area contributed by atoms with Gasteiger partial charge in [0.2, 0.25) is 0 Å². The van der Waals surface area contributed by atoms with Crippen LogP contribution in [0.15, 0.2) is 42.7 Å². The second-order valence-electron chi connectivity index (χ2n) is 5.11. The van der Waals surface area contributed by atoms with E-state index in [1.54, 1.807) is 12.4 Å². The van der Waals surface area contributed by atoms with Crippen molar-refractivity contribution < 1.29 is 4.79 Å². The van der Waals surface area contributed by atoms with Gasteiger partial charge in [0.1, 0.15) is 5.82 Å². The van der Waals surface area contributed by atoms with Gasteiger partial charge in [-0.15, -0.1) is 0 Å². The molecular weight excluding hydrogens is 262 g/mol. The third kappa shape index (κ3) is 2.57. The number of pyridine rings is 1. The number of carbonyl (C=O) groups excluding carboxylic acids is 1. The van der Waals surface area contributed by atoms with Crippen LogP contribution >= 0.6 is 0 Å². The molecule has 4 nitrogen and oxygen atoms in total. The molecule has 0 bridgehead atoms. The number of carbonyl (C=O) groups is 1. The van der Waals surface area contributed by atoms with Crippen LogP contribution in [0.3, 0.4) is 0 Å². The number of aryl methyl sites for hydroxylation is 2. The molecule has 0 aliphatic rings. The summed E-state index contributed by atoms with van der Waals surface area (Å²) in [5, 5.41) is 0. The van der Waals surface area contributed by atoms with Gasteiger partial charge in [-0.05, 0) is 37.6 Å². The van der Waals surface area contributed by atoms with Gasteiger partial charge in [-0.2, -0.15) is 0 Å². The highest BCUT2D eigenvalue weighted by Gasteiger charge is 2.14. The second-order valence-corrected chi connectivity index (χ2v) is 5.11. The third-order valence-electron chi connectivity index (χ3n) is 3.57. The highest BCUT2D eigenvalue weighted by Crippen LogP contribution is 2.17. The molecule has 0 saturated carbocycles. The fourth-order valence-corrected chi connectivity index (χ4v) is 2.57. The number of hydrogen-bond acceptors (Lipinski definition) is 3. The van der Waals surface area contributed by atoms with Gasteiger partial charge >= 0.3 is 0 Å². The van der Waals surface area contributed by atoms with Crippen molar-refractivity contribution in [3.8, 4) is 0 Å². The van der Waals surface area contributed by atoms with Gasteiger partial charge < -0.3 is 4.57 Å². The quantitative estimate of drug-likeness (QED) is 0.689. The fourth-order valence-electron chi connectivity index (χ4n) is 2.57. The van der Waals surface area contributed by atoms with Gasteiger partial charge in [-0.25, -0.2) is 4.98 Å². The van der Waals surface area contributed by atoms with E-state index in [-0.39, 0.29) is 5.78 Å². The van der Waals surface area contributed by atoms with Gasteiger partial charge in [0, 0.05) is 24.5 Å². The standard InChI is InChI=1S/C17H17N3O/c1-3-20-15-7-5-4-6-14(15)19-17(20)9-16(21)13-8-12(2)10-18-11-13/h4-8,10-11H,3,9H2,1-2H3. The van der Waals surface area contributed by atoms with E-state index in [1.807, 2.05) is 37.3 Å². The van der Waals surface area contributed by atoms with Crippen molar-refractivity contribution in [3.63, 3.8) is 0 Å². The molecule has 21 heavy (non-hydrogen) atoms. The average molecular weight is 279 g/mol. The largest absolute Gasteiger partial charge is 0.328 e. The maximum atomic E-state index is 12.4. The summed E-state index contributed by atoms with van der Waals surface area (Å²) in [6.07, 6.45) is 3.67. The molecule has 0 N–H and O–H groups in total. The van der Waals surface area contributed by atoms with Gasteiger partial charge in [0.25, 0.3) is 0 Å². The van der Waals surface area contributed by atoms with E-state index in [0.717, 1.165) is 29.0 Å². The van der Waals surface area contributed by atoms with E-state index in [2.05, 4.69) is 21.5 Å². The van der Waals surface area contributed by atoms with Crippen molar-refractivity contribution in [2.75, 3.05) is 0 Å². The Bertz CT molecular complexity index is 805. The minimum Gasteiger partial charge on any atom is -0.328 e. The minimum absolute atomic E-state index is 0.0520. The lowest BCUT2D eigenvalue weighted by molar-refractivity contribution is 0.0989. The number of Topliss-reactive ketones (excluding diaryl/α,β-unsaturated/α-hetero) is 1. The van der Waals surface area contributed by atoms with Crippen LogP contribution in [-0.2, 0) is 13.0 Å². The number of ketones is 1. The molecule has 0 fully saturated rings. The van der Waals surface area contributed by atoms with Crippen molar-refractivity contribution in [2.24, 2.45) is 0 Å². The molecule has 4 heteroatoms. The van der Waals surface area contributed by atoms with Crippen molar-refractivity contribution in [3.05, 3.63) is 59.7 Å². The van der Waals surface area contributed by atoms with Gasteiger partial charge in [-0.3, -0.25) is 9.78 Å². The number of imidazole rings is 1. The van der Waals surface area contributed by atoms with Crippen molar-refractivity contribution >= 4 is 16.8 Å². The Morgan fingerprint density at radius 2 is 2.05 bits per heavy atom. The van der Waals surface area contributed by atoms with Crippen LogP contribution in [0.4, 0.5) is 0 Å². The van der Waals surface area contributed by atoms with Crippen LogP contribution in [-0.4, -0.2) is 20.3 Å². The number of rotatable bonds is 4. The Balaban J connectivity index is 1.96. The van der Waals surface area contributed by atoms with Gasteiger partial charge in [-0.1, -0.05) is 12.1 Å². The molecule has 2 aromatic heterocycles. The molecule has 0 radical (unpaired) electrons. The first-order chi connectivity index (χ1) is 10.2. The van der Waals surface area contributed by atoms with Crippen LogP contribution in [0.2, 0.25) is 0 Å². The molecule has 2 heterocycles. The summed E-state index contributed by atoms with van der Waals surface area (Å²) in [7, 11) is 0. The summed E-state index contributed by atoms with van der Waals surface area (Å²) in [4.78, 5) is 21.1. The van der Waals surface area contributed by atoms with E-state index in [4.69, 9.17) is 0 Å². The molecule has 1 aromatic carbocycles. The zero-order valence-corrected chi connectivity index (χ0v) is 12.2. The first kappa shape index (κ1) is 13.5. The first-order valence-electron chi connectivity index (χ1n) is 7.08. The molecule has 0 unspecified atom stereocenters. The van der Waals surface area contributed by atoms with Crippen LogP contribution in [0.25, 0.3) is 11.0 Å². The van der Waals surface area contributed by atoms with E-state index < -0.39 is 0 Å². The molecule has 3 rings (SSSR count). The number of hydrogen-bond donors (Lipinski definition) is 0. The van der Waals surface area contributed by atoms with Crippen LogP contribution in [0.1, 0.15) is 28.7 Å². The number of benzene rings is 1. The van der Waals surface area contributed by atoms with Crippen LogP contribution < -0.4 is 0 Å². The monoisotopic (exact) mass is 279 g/mol. The zero-order valence-electron chi connectivity index (χ0n) is 12.2. The second kappa shape index (κ2) is 5.48. The Labute approximate surface area is 123 Å². The summed E-state index contributed by atoms with van der Waals surface area (Å²) < 4.78 is 2.09. The van der Waals surface area contributed by atoms with E-state index in [9.17, 15) is 4.79 Å². The highest BCUT2D eigenvalue weighted by atomic mass is 16.1. The smallest absolute Gasteiger partial charge is 0.171 e. The summed E-state index contributed by atoms with van der Waals surface area (Å²) in [6, 6.07) is 9.84. The average Bonchev–Trinajstić information content (AvgIpc) is 2.84. The number of fused-ring (bicyclic) bond motifs is 1. The van der Waals surface area contributed by atoms with Crippen molar-refractivity contribution in [1.82, 2.24) is 14.5 Å². The van der Waals surface area contributed by atoms with Crippen molar-refractivity contribution in [2.45, 2.75) is 26.8 Å². The van der Waals surface area contributed by atoms with Crippen LogP contribution in [0, 0.1) is 6.92 Å². The summed E-state index contributed by atoms with van der Waals surface area (Å²) in [6.45, 7) is 4.80. The molecule has 0 saturated heterocycles. The molecular formula is C17H17N3O. The maximum Gasteiger partial charge on any atom is 0.171 e. The Hall–Kier alpha value is -2.49. The third-order valence-corrected chi connectivity index (χ3v) is 3.57. The highest BCUT2D eigenvalue weighted by molar-refractivity contribution is 5.97. The maximum absolute atomic E-state index is 12.4. The summed E-state index contributed by atoms with van der Waals surface area (Å²) in [5.41, 5.74) is 3.64. The number of aromatic nitrogens is 3. The molecule has 0 amide bonds. The first-order valence-corrected chi connectivity index (χ1v) is 7.08. The van der Waals surface area contributed by atoms with Gasteiger partial charge in [0.15, 0.2) is 5.78 Å². The predicted octanol–water partition coefficient (Wildman–Crippen LogP) is 3.19. The normalized spacial score (nSPS) is 11.0. The summed E-state index contributed by atoms with van der Waals surface area (Å²) >= 11 is 0. The Kier molecular flexibility index (Phi) is 3.52. The lowest BCUT2D eigenvalue weighted by Gasteiger charge is -2.06. The zero-order chi connectivity index (χ0) is 14.8. The lowest BCUT2D eigenvalue weighted by Crippen LogP contribution is -2.10. The minimum atomic E-state index is 0.0520. The molecule has 0 aliphatic carbocycles. The predicted molar refractivity (Wildman–Crippen MR) is 82.4 cm³/mol. The van der Waals surface area contributed by atoms with E-state index in [0.29, 0.717) is 12.0 Å². The molecule has 3 aromatic rings. The Morgan fingerprint density at radius 3 is 2.81 bits per heavy atom. The van der Waals surface area contributed by atoms with Gasteiger partial charge in [0.05, 0.1) is 17.5 Å². The molecule has 0 spiro atoms. The number of nitrogens with zero attached hydrogens (tertiary/aromatic N) is 3. The summed E-state index contributed by atoms with van der Waals surface area (Å²) in [5.74, 6) is 0.862. The molecule has 106 valence electrons. The van der Waals surface area contributed by atoms with Crippen molar-refractivity contribution in [1.29, 1.82) is 0 Å². The molecule has 0 aliphatic heterocycles. The van der Waals surface area contributed by atoms with E-state index >= 15 is 0 Å². The van der Waals surface area contributed by atoms with E-state index in [1.165, 1.54) is 0 Å². The Morgan fingerprint density at radius 1 is 1.24 bits per heavy atom. The SMILES string of the molecule is CCn1c(CC(=O)c2cncc(C)c2)nc2ccccc21. The lowest BCUT2D eigenvalue weighted by atomic mass is 10.1. The van der Waals surface area contributed by atoms with Crippen LogP contribution in [0.5, 0.6) is 0 Å². The topological polar surface area (TPSA) is 47.8 Å². The number of para-hydroxylation sites is 2.